The number of hydrogen-bond donors (Lipinski definition) is 1. The molecule has 1 aromatic heterocycles. The van der Waals surface area contributed by atoms with E-state index in [0.717, 1.165) is 18.7 Å². The summed E-state index contributed by atoms with van der Waals surface area (Å²) in [6.07, 6.45) is 3.04. The number of carbonyl (C=O) groups is 1. The lowest BCUT2D eigenvalue weighted by atomic mass is 10.2. The van der Waals surface area contributed by atoms with Gasteiger partial charge in [-0.3, -0.25) is 9.80 Å². The molecule has 1 saturated heterocycles. The van der Waals surface area contributed by atoms with E-state index in [1.165, 1.54) is 6.20 Å². The third kappa shape index (κ3) is 4.27. The molecule has 0 bridgehead atoms. The Morgan fingerprint density at radius 2 is 2.00 bits per heavy atom. The van der Waals surface area contributed by atoms with E-state index in [9.17, 15) is 4.79 Å². The van der Waals surface area contributed by atoms with Crippen LogP contribution in [0.2, 0.25) is 0 Å². The van der Waals surface area contributed by atoms with E-state index in [1.807, 2.05) is 17.1 Å². The highest BCUT2D eigenvalue weighted by molar-refractivity contribution is 6.02. The summed E-state index contributed by atoms with van der Waals surface area (Å²) in [4.78, 5) is 11.9. The average molecular weight is 313 g/mol. The fraction of sp³-hybridized carbons (Fsp3) is 0.286. The summed E-state index contributed by atoms with van der Waals surface area (Å²) >= 11 is 0. The van der Waals surface area contributed by atoms with E-state index in [4.69, 9.17) is 4.74 Å². The monoisotopic (exact) mass is 313 g/mol. The number of amides is 1. The highest BCUT2D eigenvalue weighted by Gasteiger charge is 2.09. The zero-order valence-corrected chi connectivity index (χ0v) is 12.3. The zero-order chi connectivity index (χ0) is 15.9. The van der Waals surface area contributed by atoms with Crippen molar-refractivity contribution < 1.29 is 9.53 Å². The molecule has 1 fully saturated rings. The molecule has 118 valence electrons. The van der Waals surface area contributed by atoms with Crippen LogP contribution in [0.3, 0.4) is 0 Å². The number of ether oxygens (including phenoxy) is 1. The zero-order valence-electron chi connectivity index (χ0n) is 12.3. The van der Waals surface area contributed by atoms with E-state index >= 15 is 0 Å². The number of benzene rings is 1. The number of rotatable bonds is 4. The maximum atomic E-state index is 11.9. The second-order valence-corrected chi connectivity index (χ2v) is 4.80. The fourth-order valence-corrected chi connectivity index (χ4v) is 1.97. The molecular formula is C14H15N7O2. The van der Waals surface area contributed by atoms with Crippen LogP contribution in [0.15, 0.2) is 35.6 Å². The van der Waals surface area contributed by atoms with Gasteiger partial charge in [-0.25, -0.2) is 0 Å². The Bertz CT molecular complexity index is 669. The standard InChI is InChI=1S/C14H15N7O2/c22-14(13-10-15-19-20-18-13)17-12-3-1-11(2-4-12)9-16-21-5-7-23-8-6-21/h1-4,9-10H,5-8H2,(H,17,22). The van der Waals surface area contributed by atoms with Crippen LogP contribution in [0.25, 0.3) is 0 Å². The van der Waals surface area contributed by atoms with Gasteiger partial charge in [0.25, 0.3) is 5.91 Å². The molecular weight excluding hydrogens is 298 g/mol. The number of carbonyl (C=O) groups excluding carboxylic acids is 1. The topological polar surface area (TPSA) is 105 Å². The molecule has 0 aliphatic carbocycles. The Kier molecular flexibility index (Phi) is 4.79. The first kappa shape index (κ1) is 15.0. The smallest absolute Gasteiger partial charge is 0.277 e. The van der Waals surface area contributed by atoms with Crippen molar-refractivity contribution in [3.05, 3.63) is 41.7 Å². The van der Waals surface area contributed by atoms with E-state index in [2.05, 4.69) is 31.0 Å². The van der Waals surface area contributed by atoms with Gasteiger partial charge in [-0.15, -0.1) is 10.2 Å². The Labute approximate surface area is 132 Å². The predicted molar refractivity (Wildman–Crippen MR) is 82.0 cm³/mol. The van der Waals surface area contributed by atoms with Crippen molar-refractivity contribution in [2.75, 3.05) is 31.6 Å². The van der Waals surface area contributed by atoms with Crippen molar-refractivity contribution in [1.29, 1.82) is 0 Å². The number of nitrogens with one attached hydrogen (secondary N) is 1. The SMILES string of the molecule is O=C(Nc1ccc(C=NN2CCOCC2)cc1)c1cnnnn1. The molecule has 1 aromatic carbocycles. The third-order valence-corrected chi connectivity index (χ3v) is 3.18. The van der Waals surface area contributed by atoms with Crippen molar-refractivity contribution in [3.8, 4) is 0 Å². The van der Waals surface area contributed by atoms with Crippen LogP contribution < -0.4 is 5.32 Å². The van der Waals surface area contributed by atoms with Crippen LogP contribution >= 0.6 is 0 Å². The maximum absolute atomic E-state index is 11.9. The molecule has 3 rings (SSSR count). The Morgan fingerprint density at radius 1 is 1.22 bits per heavy atom. The van der Waals surface area contributed by atoms with Gasteiger partial charge >= 0.3 is 0 Å². The molecule has 2 heterocycles. The minimum atomic E-state index is -0.387. The summed E-state index contributed by atoms with van der Waals surface area (Å²) in [5.41, 5.74) is 1.70. The van der Waals surface area contributed by atoms with Crippen LogP contribution in [0.5, 0.6) is 0 Å². The minimum absolute atomic E-state index is 0.109. The van der Waals surface area contributed by atoms with Gasteiger partial charge < -0.3 is 10.1 Å². The Hall–Kier alpha value is -2.94. The predicted octanol–water partition coefficient (Wildman–Crippen LogP) is 0.185. The number of anilines is 1. The van der Waals surface area contributed by atoms with E-state index in [-0.39, 0.29) is 11.6 Å². The summed E-state index contributed by atoms with van der Waals surface area (Å²) in [5.74, 6) is -0.387. The van der Waals surface area contributed by atoms with Gasteiger partial charge in [0.1, 0.15) is 0 Å². The summed E-state index contributed by atoms with van der Waals surface area (Å²) in [6.45, 7) is 3.00. The molecule has 1 aliphatic rings. The largest absolute Gasteiger partial charge is 0.378 e. The molecule has 0 saturated carbocycles. The number of nitrogens with zero attached hydrogens (tertiary/aromatic N) is 6. The van der Waals surface area contributed by atoms with Gasteiger partial charge in [-0.05, 0) is 28.1 Å². The molecule has 0 spiro atoms. The Balaban J connectivity index is 1.58. The average Bonchev–Trinajstić information content (AvgIpc) is 2.63. The molecule has 23 heavy (non-hydrogen) atoms. The molecule has 1 N–H and O–H groups in total. The molecule has 0 unspecified atom stereocenters. The second-order valence-electron chi connectivity index (χ2n) is 4.80. The lowest BCUT2D eigenvalue weighted by Gasteiger charge is -2.23. The number of morpholine rings is 1. The van der Waals surface area contributed by atoms with E-state index < -0.39 is 0 Å². The molecule has 9 nitrogen and oxygen atoms in total. The number of hydrazone groups is 1. The van der Waals surface area contributed by atoms with E-state index in [0.29, 0.717) is 18.9 Å². The quantitative estimate of drug-likeness (QED) is 0.803. The highest BCUT2D eigenvalue weighted by atomic mass is 16.5. The van der Waals surface area contributed by atoms with Gasteiger partial charge in [-0.1, -0.05) is 12.1 Å². The van der Waals surface area contributed by atoms with Crippen LogP contribution in [0.1, 0.15) is 16.1 Å². The Morgan fingerprint density at radius 3 is 2.70 bits per heavy atom. The van der Waals surface area contributed by atoms with Gasteiger partial charge in [0.15, 0.2) is 5.69 Å². The van der Waals surface area contributed by atoms with Crippen molar-refractivity contribution in [1.82, 2.24) is 25.6 Å². The van der Waals surface area contributed by atoms with Gasteiger partial charge in [0, 0.05) is 5.69 Å². The summed E-state index contributed by atoms with van der Waals surface area (Å²) in [6, 6.07) is 7.33. The van der Waals surface area contributed by atoms with Crippen LogP contribution in [0, 0.1) is 0 Å². The third-order valence-electron chi connectivity index (χ3n) is 3.18. The molecule has 2 aromatic rings. The number of aromatic nitrogens is 4. The van der Waals surface area contributed by atoms with Crippen molar-refractivity contribution in [2.24, 2.45) is 5.10 Å². The molecule has 1 aliphatic heterocycles. The lowest BCUT2D eigenvalue weighted by Crippen LogP contribution is -2.32. The van der Waals surface area contributed by atoms with Crippen LogP contribution in [-0.4, -0.2) is 64.1 Å². The minimum Gasteiger partial charge on any atom is -0.378 e. The number of hydrogen-bond acceptors (Lipinski definition) is 8. The summed E-state index contributed by atoms with van der Waals surface area (Å²) in [5, 5.41) is 22.8. The van der Waals surface area contributed by atoms with Crippen LogP contribution in [-0.2, 0) is 4.74 Å². The first-order chi connectivity index (χ1) is 11.3. The molecule has 9 heteroatoms. The summed E-state index contributed by atoms with van der Waals surface area (Å²) in [7, 11) is 0. The summed E-state index contributed by atoms with van der Waals surface area (Å²) < 4.78 is 5.27. The second kappa shape index (κ2) is 7.36. The van der Waals surface area contributed by atoms with Crippen molar-refractivity contribution in [3.63, 3.8) is 0 Å². The van der Waals surface area contributed by atoms with Crippen molar-refractivity contribution in [2.45, 2.75) is 0 Å². The lowest BCUT2D eigenvalue weighted by molar-refractivity contribution is 0.0397. The molecule has 0 atom stereocenters. The fourth-order valence-electron chi connectivity index (χ4n) is 1.97. The molecule has 0 radical (unpaired) electrons. The highest BCUT2D eigenvalue weighted by Crippen LogP contribution is 2.09. The van der Waals surface area contributed by atoms with Gasteiger partial charge in [0.05, 0.1) is 38.7 Å². The van der Waals surface area contributed by atoms with E-state index in [1.54, 1.807) is 18.3 Å². The molecule has 1 amide bonds. The van der Waals surface area contributed by atoms with Crippen molar-refractivity contribution >= 4 is 17.8 Å². The van der Waals surface area contributed by atoms with Gasteiger partial charge in [0.2, 0.25) is 0 Å². The maximum Gasteiger partial charge on any atom is 0.277 e. The normalized spacial score (nSPS) is 14.9. The first-order valence-corrected chi connectivity index (χ1v) is 7.10. The van der Waals surface area contributed by atoms with Gasteiger partial charge in [-0.2, -0.15) is 5.10 Å². The van der Waals surface area contributed by atoms with Crippen LogP contribution in [0.4, 0.5) is 5.69 Å². The first-order valence-electron chi connectivity index (χ1n) is 7.10.